The Kier molecular flexibility index (Phi) is 7.66. The van der Waals surface area contributed by atoms with Crippen LogP contribution in [0.2, 0.25) is 0 Å². The molecule has 1 saturated carbocycles. The molecule has 0 amide bonds. The molecule has 6 aliphatic carbocycles. The second kappa shape index (κ2) is 12.9. The third kappa shape index (κ3) is 5.01. The van der Waals surface area contributed by atoms with Gasteiger partial charge in [0.05, 0.1) is 11.6 Å². The summed E-state index contributed by atoms with van der Waals surface area (Å²) in [5.41, 5.74) is 17.8. The van der Waals surface area contributed by atoms with E-state index in [2.05, 4.69) is 165 Å². The second-order valence-electron chi connectivity index (χ2n) is 18.4. The molecule has 58 heavy (non-hydrogen) atoms. The molecular formula is C55H50N2O. The Bertz CT molecular complexity index is 2670. The van der Waals surface area contributed by atoms with Crippen molar-refractivity contribution in [2.24, 2.45) is 22.7 Å². The fraction of sp³-hybridized carbons (Fsp3) is 0.291. The summed E-state index contributed by atoms with van der Waals surface area (Å²) in [6.07, 6.45) is 29.1. The lowest BCUT2D eigenvalue weighted by Gasteiger charge is -2.42. The quantitative estimate of drug-likeness (QED) is 0.225. The predicted octanol–water partition coefficient (Wildman–Crippen LogP) is 13.1. The van der Waals surface area contributed by atoms with Crippen molar-refractivity contribution >= 4 is 11.3 Å². The number of hydrogen-bond acceptors (Lipinski definition) is 3. The van der Waals surface area contributed by atoms with E-state index in [-0.39, 0.29) is 28.8 Å². The molecule has 1 N–H and O–H groups in total. The van der Waals surface area contributed by atoms with Crippen LogP contribution in [-0.2, 0) is 15.6 Å². The van der Waals surface area contributed by atoms with Gasteiger partial charge in [-0.3, -0.25) is 4.99 Å². The van der Waals surface area contributed by atoms with Crippen molar-refractivity contribution in [3.8, 4) is 22.3 Å². The van der Waals surface area contributed by atoms with E-state index in [9.17, 15) is 0 Å². The molecule has 0 saturated heterocycles. The highest BCUT2D eigenvalue weighted by Crippen LogP contribution is 2.64. The molecule has 4 aromatic rings. The van der Waals surface area contributed by atoms with Crippen molar-refractivity contribution in [1.29, 1.82) is 0 Å². The molecule has 0 aromatic heterocycles. The summed E-state index contributed by atoms with van der Waals surface area (Å²) in [6.45, 7) is 4.90. The molecule has 2 heterocycles. The largest absolute Gasteiger partial charge is 0.445 e. The highest BCUT2D eigenvalue weighted by Gasteiger charge is 2.54. The molecule has 2 aliphatic heterocycles. The average molecular weight is 755 g/mol. The molecule has 286 valence electrons. The molecule has 5 unspecified atom stereocenters. The van der Waals surface area contributed by atoms with Crippen LogP contribution in [0, 0.1) is 17.8 Å². The van der Waals surface area contributed by atoms with E-state index in [1.807, 2.05) is 0 Å². The first-order chi connectivity index (χ1) is 28.5. The summed E-state index contributed by atoms with van der Waals surface area (Å²) < 4.78 is 6.53. The van der Waals surface area contributed by atoms with Crippen molar-refractivity contribution < 1.29 is 4.74 Å². The van der Waals surface area contributed by atoms with Crippen LogP contribution in [0.3, 0.4) is 0 Å². The molecule has 12 rings (SSSR count). The maximum absolute atomic E-state index is 6.53. The molecule has 1 spiro atoms. The number of nitrogens with one attached hydrogen (secondary N) is 1. The number of hydrogen-bond donors (Lipinski definition) is 1. The Morgan fingerprint density at radius 1 is 0.741 bits per heavy atom. The van der Waals surface area contributed by atoms with Crippen molar-refractivity contribution in [2.45, 2.75) is 81.7 Å². The van der Waals surface area contributed by atoms with Gasteiger partial charge in [0.1, 0.15) is 11.9 Å². The van der Waals surface area contributed by atoms with Crippen LogP contribution in [0.5, 0.6) is 0 Å². The summed E-state index contributed by atoms with van der Waals surface area (Å²) in [7, 11) is 0. The van der Waals surface area contributed by atoms with Gasteiger partial charge in [0, 0.05) is 28.2 Å². The van der Waals surface area contributed by atoms with E-state index < -0.39 is 0 Å². The van der Waals surface area contributed by atoms with Gasteiger partial charge in [-0.05, 0) is 111 Å². The minimum atomic E-state index is -0.231. The lowest BCUT2D eigenvalue weighted by atomic mass is 9.62. The van der Waals surface area contributed by atoms with Crippen molar-refractivity contribution in [3.63, 3.8) is 0 Å². The van der Waals surface area contributed by atoms with Crippen LogP contribution in [0.15, 0.2) is 173 Å². The van der Waals surface area contributed by atoms with E-state index in [0.29, 0.717) is 11.8 Å². The zero-order valence-corrected chi connectivity index (χ0v) is 33.5. The van der Waals surface area contributed by atoms with Crippen LogP contribution >= 0.6 is 0 Å². The third-order valence-electron chi connectivity index (χ3n) is 15.1. The van der Waals surface area contributed by atoms with Crippen LogP contribution < -0.4 is 5.32 Å². The van der Waals surface area contributed by atoms with Gasteiger partial charge in [-0.2, -0.15) is 0 Å². The SMILES string of the molecule is CC1(C)C2=CC3c4ccccc4C4(CCCCC4)C3C=C2c2c(-c3cccc(-c4cccc(C5N=C(C6C=CC=CC6)C6=C(N5)OC5=CC=CCC56)c4)c3)cccc21. The topological polar surface area (TPSA) is 33.6 Å². The van der Waals surface area contributed by atoms with Gasteiger partial charge in [-0.1, -0.05) is 161 Å². The second-order valence-corrected chi connectivity index (χ2v) is 18.4. The van der Waals surface area contributed by atoms with Gasteiger partial charge in [0.15, 0.2) is 0 Å². The van der Waals surface area contributed by atoms with Gasteiger partial charge in [0.25, 0.3) is 0 Å². The number of nitrogens with zero attached hydrogens (tertiary/aromatic N) is 1. The van der Waals surface area contributed by atoms with Crippen LogP contribution in [0.4, 0.5) is 0 Å². The Morgan fingerprint density at radius 2 is 1.53 bits per heavy atom. The molecule has 3 nitrogen and oxygen atoms in total. The zero-order chi connectivity index (χ0) is 38.6. The summed E-state index contributed by atoms with van der Waals surface area (Å²) in [5.74, 6) is 3.33. The highest BCUT2D eigenvalue weighted by atomic mass is 16.5. The smallest absolute Gasteiger partial charge is 0.200 e. The van der Waals surface area contributed by atoms with Gasteiger partial charge in [-0.25, -0.2) is 0 Å². The lowest BCUT2D eigenvalue weighted by Crippen LogP contribution is -2.35. The molecule has 5 atom stereocenters. The van der Waals surface area contributed by atoms with Gasteiger partial charge in [-0.15, -0.1) is 0 Å². The normalized spacial score (nSPS) is 27.5. The first-order valence-electron chi connectivity index (χ1n) is 21.8. The van der Waals surface area contributed by atoms with E-state index in [1.54, 1.807) is 11.1 Å². The Hall–Kier alpha value is -5.67. The molecular weight excluding hydrogens is 705 g/mol. The molecule has 4 aromatic carbocycles. The number of ether oxygens (including phenoxy) is 1. The Morgan fingerprint density at radius 3 is 2.41 bits per heavy atom. The monoisotopic (exact) mass is 754 g/mol. The third-order valence-corrected chi connectivity index (χ3v) is 15.1. The zero-order valence-electron chi connectivity index (χ0n) is 33.5. The summed E-state index contributed by atoms with van der Waals surface area (Å²) in [6, 6.07) is 34.7. The Balaban J connectivity index is 0.915. The van der Waals surface area contributed by atoms with E-state index in [1.165, 1.54) is 82.2 Å². The van der Waals surface area contributed by atoms with E-state index in [4.69, 9.17) is 9.73 Å². The molecule has 1 fully saturated rings. The molecule has 0 bridgehead atoms. The lowest BCUT2D eigenvalue weighted by molar-refractivity contribution is 0.233. The predicted molar refractivity (Wildman–Crippen MR) is 237 cm³/mol. The van der Waals surface area contributed by atoms with Crippen LogP contribution in [0.25, 0.3) is 27.8 Å². The van der Waals surface area contributed by atoms with Crippen molar-refractivity contribution in [3.05, 3.63) is 196 Å². The number of aliphatic imine (C=N–C) groups is 1. The summed E-state index contributed by atoms with van der Waals surface area (Å²) in [5, 5.41) is 3.73. The molecule has 0 radical (unpaired) electrons. The average Bonchev–Trinajstić information content (AvgIpc) is 3.86. The van der Waals surface area contributed by atoms with E-state index >= 15 is 0 Å². The van der Waals surface area contributed by atoms with Crippen LogP contribution in [0.1, 0.15) is 98.7 Å². The number of rotatable bonds is 4. The fourth-order valence-electron chi connectivity index (χ4n) is 12.3. The fourth-order valence-corrected chi connectivity index (χ4v) is 12.3. The van der Waals surface area contributed by atoms with Crippen molar-refractivity contribution in [2.75, 3.05) is 0 Å². The number of allylic oxidation sites excluding steroid dienone is 12. The minimum Gasteiger partial charge on any atom is -0.445 e. The summed E-state index contributed by atoms with van der Waals surface area (Å²) in [4.78, 5) is 5.49. The maximum Gasteiger partial charge on any atom is 0.200 e. The van der Waals surface area contributed by atoms with Crippen molar-refractivity contribution in [1.82, 2.24) is 5.32 Å². The summed E-state index contributed by atoms with van der Waals surface area (Å²) >= 11 is 0. The molecule has 8 aliphatic rings. The maximum atomic E-state index is 6.53. The van der Waals surface area contributed by atoms with Gasteiger partial charge < -0.3 is 10.1 Å². The first kappa shape index (κ1) is 34.4. The molecule has 3 heteroatoms. The highest BCUT2D eigenvalue weighted by molar-refractivity contribution is 6.05. The van der Waals surface area contributed by atoms with Crippen LogP contribution in [-0.4, -0.2) is 5.71 Å². The first-order valence-corrected chi connectivity index (χ1v) is 21.8. The van der Waals surface area contributed by atoms with Gasteiger partial charge in [0.2, 0.25) is 5.88 Å². The standard InChI is InChI=1S/C55H50N2O/c1-54(2)45-26-15-24-39(49(45)43-33-47-42(32-46(43)54)40-22-7-9-25-44(40)55(47)28-11-4-12-29-55)37-20-13-18-35(30-37)36-19-14-21-38(31-36)52-56-51(34-16-5-3-6-17-34)50-41-23-8-10-27-48(41)58-53(50)57-52/h3,5-10,13-16,18-22,24-27,30-34,41-42,47,52,57H,4,11-12,17,23,28-29H2,1-2H3. The number of benzene rings is 4. The van der Waals surface area contributed by atoms with E-state index in [0.717, 1.165) is 35.8 Å². The van der Waals surface area contributed by atoms with Gasteiger partial charge >= 0.3 is 0 Å². The Labute approximate surface area is 343 Å². The number of fused-ring (bicyclic) bond motifs is 10. The minimum absolute atomic E-state index is 0.0649.